The van der Waals surface area contributed by atoms with Gasteiger partial charge in [-0.1, -0.05) is 86.3 Å². The molecule has 1 aliphatic rings. The van der Waals surface area contributed by atoms with Gasteiger partial charge in [-0.05, 0) is 24.1 Å². The lowest BCUT2D eigenvalue weighted by Gasteiger charge is -2.03. The van der Waals surface area contributed by atoms with E-state index < -0.39 is 10.1 Å². The summed E-state index contributed by atoms with van der Waals surface area (Å²) >= 11 is 1.22. The first kappa shape index (κ1) is 21.3. The van der Waals surface area contributed by atoms with Crippen molar-refractivity contribution in [3.63, 3.8) is 0 Å². The number of thioether (sulfide) groups is 1. The van der Waals surface area contributed by atoms with Crippen LogP contribution in [0.15, 0.2) is 52.5 Å². The molecule has 0 fully saturated rings. The molecular formula is C20H24N2O3S2. The van der Waals surface area contributed by atoms with Gasteiger partial charge in [0.1, 0.15) is 11.1 Å². The van der Waals surface area contributed by atoms with Crippen LogP contribution in [0.4, 0.5) is 0 Å². The summed E-state index contributed by atoms with van der Waals surface area (Å²) in [6.45, 7) is 2.15. The van der Waals surface area contributed by atoms with Crippen LogP contribution in [0.25, 0.3) is 5.57 Å². The van der Waals surface area contributed by atoms with Gasteiger partial charge in [-0.3, -0.25) is 4.28 Å². The summed E-state index contributed by atoms with van der Waals surface area (Å²) in [5.41, 5.74) is 1.34. The molecule has 0 amide bonds. The number of oxime groups is 1. The Labute approximate surface area is 165 Å². The molecule has 0 unspecified atom stereocenters. The van der Waals surface area contributed by atoms with Crippen LogP contribution in [0.1, 0.15) is 51.0 Å². The Hall–Kier alpha value is -2.04. The Bertz CT molecular complexity index is 851. The third kappa shape index (κ3) is 7.24. The van der Waals surface area contributed by atoms with E-state index in [4.69, 9.17) is 4.28 Å². The maximum absolute atomic E-state index is 11.9. The lowest BCUT2D eigenvalue weighted by atomic mass is 10.1. The summed E-state index contributed by atoms with van der Waals surface area (Å²) in [6.07, 6.45) is 9.39. The van der Waals surface area contributed by atoms with Crippen molar-refractivity contribution in [2.45, 2.75) is 45.4 Å². The summed E-state index contributed by atoms with van der Waals surface area (Å²) in [4.78, 5) is 0.722. The first-order valence-electron chi connectivity index (χ1n) is 9.11. The van der Waals surface area contributed by atoms with Crippen molar-refractivity contribution < 1.29 is 12.7 Å². The van der Waals surface area contributed by atoms with E-state index in [0.29, 0.717) is 17.0 Å². The molecule has 1 aromatic rings. The Balaban J connectivity index is 1.89. The van der Waals surface area contributed by atoms with Crippen LogP contribution in [0.5, 0.6) is 0 Å². The Morgan fingerprint density at radius 2 is 1.81 bits per heavy atom. The molecule has 0 atom stereocenters. The van der Waals surface area contributed by atoms with Crippen molar-refractivity contribution >= 4 is 32.5 Å². The first-order valence-corrected chi connectivity index (χ1v) is 11.5. The van der Waals surface area contributed by atoms with Gasteiger partial charge in [0.2, 0.25) is 0 Å². The topological polar surface area (TPSA) is 79.5 Å². The van der Waals surface area contributed by atoms with Crippen molar-refractivity contribution in [1.29, 1.82) is 5.26 Å². The predicted molar refractivity (Wildman–Crippen MR) is 111 cm³/mol. The van der Waals surface area contributed by atoms with E-state index in [9.17, 15) is 13.7 Å². The summed E-state index contributed by atoms with van der Waals surface area (Å²) in [7, 11) is -3.67. The highest BCUT2D eigenvalue weighted by atomic mass is 32.2. The smallest absolute Gasteiger partial charge is 0.267 e. The standard InChI is InChI=1S/C20H24N2O3S2/c1-2-3-4-5-6-10-15-27(23,24)25-22-20-14-13-19(26-20)18(16-21)17-11-8-7-9-12-17/h7-9,11-14H,2-6,10,15H2,1H3/b19-18+,22-20+. The van der Waals surface area contributed by atoms with Gasteiger partial charge >= 0.3 is 10.1 Å². The third-order valence-electron chi connectivity index (χ3n) is 4.00. The largest absolute Gasteiger partial charge is 0.328 e. The van der Waals surface area contributed by atoms with E-state index >= 15 is 0 Å². The summed E-state index contributed by atoms with van der Waals surface area (Å²) in [6, 6.07) is 11.5. The van der Waals surface area contributed by atoms with E-state index in [1.165, 1.54) is 18.2 Å². The molecule has 1 heterocycles. The average molecular weight is 405 g/mol. The second kappa shape index (κ2) is 11.0. The van der Waals surface area contributed by atoms with Gasteiger partial charge in [-0.15, -0.1) is 0 Å². The van der Waals surface area contributed by atoms with Crippen LogP contribution in [0.2, 0.25) is 0 Å². The molecule has 144 valence electrons. The maximum Gasteiger partial charge on any atom is 0.328 e. The second-order valence-corrected chi connectivity index (χ2v) is 8.92. The number of benzene rings is 1. The monoisotopic (exact) mass is 404 g/mol. The zero-order valence-electron chi connectivity index (χ0n) is 15.4. The van der Waals surface area contributed by atoms with Crippen molar-refractivity contribution in [3.05, 3.63) is 53.0 Å². The van der Waals surface area contributed by atoms with E-state index in [2.05, 4.69) is 18.1 Å². The molecule has 1 aromatic carbocycles. The molecule has 0 spiro atoms. The lowest BCUT2D eigenvalue weighted by Crippen LogP contribution is -2.08. The maximum atomic E-state index is 11.9. The van der Waals surface area contributed by atoms with E-state index in [0.717, 1.165) is 36.2 Å². The molecule has 0 aromatic heterocycles. The number of nitriles is 1. The fourth-order valence-electron chi connectivity index (χ4n) is 2.57. The van der Waals surface area contributed by atoms with Crippen molar-refractivity contribution in [2.75, 3.05) is 5.75 Å². The molecule has 0 N–H and O–H groups in total. The molecule has 27 heavy (non-hydrogen) atoms. The Morgan fingerprint density at radius 1 is 1.11 bits per heavy atom. The molecule has 0 aliphatic carbocycles. The van der Waals surface area contributed by atoms with Gasteiger partial charge in [0.25, 0.3) is 0 Å². The number of unbranched alkanes of at least 4 members (excludes halogenated alkanes) is 5. The molecule has 0 saturated carbocycles. The quantitative estimate of drug-likeness (QED) is 0.302. The molecule has 7 heteroatoms. The van der Waals surface area contributed by atoms with Crippen LogP contribution >= 0.6 is 11.8 Å². The van der Waals surface area contributed by atoms with Gasteiger partial charge in [-0.25, -0.2) is 0 Å². The number of hydrogen-bond donors (Lipinski definition) is 0. The van der Waals surface area contributed by atoms with E-state index in [-0.39, 0.29) is 5.75 Å². The minimum Gasteiger partial charge on any atom is -0.267 e. The summed E-state index contributed by atoms with van der Waals surface area (Å²) in [5.74, 6) is -0.0273. The number of nitrogens with zero attached hydrogens (tertiary/aromatic N) is 2. The van der Waals surface area contributed by atoms with Crippen molar-refractivity contribution in [2.24, 2.45) is 5.16 Å². The molecule has 0 radical (unpaired) electrons. The fourth-order valence-corrected chi connectivity index (χ4v) is 4.28. The van der Waals surface area contributed by atoms with Gasteiger partial charge in [0.05, 0.1) is 11.3 Å². The van der Waals surface area contributed by atoms with Crippen LogP contribution < -0.4 is 0 Å². The number of allylic oxidation sites excluding steroid dienone is 2. The van der Waals surface area contributed by atoms with Gasteiger partial charge in [0.15, 0.2) is 0 Å². The minimum atomic E-state index is -3.67. The zero-order valence-corrected chi connectivity index (χ0v) is 17.1. The van der Waals surface area contributed by atoms with Crippen LogP contribution in [-0.2, 0) is 14.4 Å². The Kier molecular flexibility index (Phi) is 8.62. The van der Waals surface area contributed by atoms with E-state index in [1.54, 1.807) is 12.2 Å². The first-order chi connectivity index (χ1) is 13.1. The molecule has 5 nitrogen and oxygen atoms in total. The normalized spacial score (nSPS) is 17.1. The van der Waals surface area contributed by atoms with Crippen LogP contribution in [0.3, 0.4) is 0 Å². The molecule has 2 rings (SSSR count). The van der Waals surface area contributed by atoms with Crippen molar-refractivity contribution in [3.8, 4) is 6.07 Å². The van der Waals surface area contributed by atoms with Crippen molar-refractivity contribution in [1.82, 2.24) is 0 Å². The van der Waals surface area contributed by atoms with E-state index in [1.807, 2.05) is 30.3 Å². The molecule has 1 aliphatic heterocycles. The lowest BCUT2D eigenvalue weighted by molar-refractivity contribution is 0.339. The highest BCUT2D eigenvalue weighted by Crippen LogP contribution is 2.33. The zero-order chi connectivity index (χ0) is 19.5. The van der Waals surface area contributed by atoms with Crippen LogP contribution in [-0.4, -0.2) is 19.2 Å². The highest BCUT2D eigenvalue weighted by molar-refractivity contribution is 8.18. The summed E-state index contributed by atoms with van der Waals surface area (Å²) in [5, 5.41) is 13.6. The highest BCUT2D eigenvalue weighted by Gasteiger charge is 2.17. The SMILES string of the molecule is CCCCCCCCS(=O)(=O)O/N=C1C=C/C(=C(/C#N)c2ccccc2)S\1. The fraction of sp³-hybridized carbons (Fsp3) is 0.400. The number of hydrogen-bond acceptors (Lipinski definition) is 6. The number of rotatable bonds is 10. The second-order valence-electron chi connectivity index (χ2n) is 6.19. The van der Waals surface area contributed by atoms with Gasteiger partial charge in [0, 0.05) is 4.91 Å². The average Bonchev–Trinajstić information content (AvgIpc) is 3.13. The summed E-state index contributed by atoms with van der Waals surface area (Å²) < 4.78 is 28.7. The third-order valence-corrected chi connectivity index (χ3v) is 6.07. The minimum absolute atomic E-state index is 0.0273. The van der Waals surface area contributed by atoms with Crippen LogP contribution in [0, 0.1) is 11.3 Å². The van der Waals surface area contributed by atoms with Gasteiger partial charge < -0.3 is 0 Å². The molecule has 0 saturated heterocycles. The molecule has 0 bridgehead atoms. The van der Waals surface area contributed by atoms with Gasteiger partial charge in [-0.2, -0.15) is 13.7 Å². The molecular weight excluding hydrogens is 380 g/mol. The predicted octanol–water partition coefficient (Wildman–Crippen LogP) is 5.24. The Morgan fingerprint density at radius 3 is 2.52 bits per heavy atom.